The summed E-state index contributed by atoms with van der Waals surface area (Å²) in [4.78, 5) is 13.9. The molecule has 0 radical (unpaired) electrons. The highest BCUT2D eigenvalue weighted by Gasteiger charge is 2.20. The van der Waals surface area contributed by atoms with E-state index >= 15 is 0 Å². The Labute approximate surface area is 150 Å². The van der Waals surface area contributed by atoms with E-state index in [1.165, 1.54) is 29.2 Å². The number of furan rings is 1. The minimum Gasteiger partial charge on any atom is -0.459 e. The maximum Gasteiger partial charge on any atom is 0.318 e. The van der Waals surface area contributed by atoms with Crippen LogP contribution < -0.4 is 5.32 Å². The van der Waals surface area contributed by atoms with Gasteiger partial charge >= 0.3 is 6.03 Å². The molecule has 0 bridgehead atoms. The van der Waals surface area contributed by atoms with Gasteiger partial charge in [-0.15, -0.1) is 0 Å². The molecule has 0 aliphatic carbocycles. The summed E-state index contributed by atoms with van der Waals surface area (Å²) >= 11 is 0. The van der Waals surface area contributed by atoms with Crippen LogP contribution in [0.25, 0.3) is 11.0 Å². The lowest BCUT2D eigenvalue weighted by Gasteiger charge is -2.21. The van der Waals surface area contributed by atoms with Crippen LogP contribution in [0.1, 0.15) is 29.9 Å². The Morgan fingerprint density at radius 1 is 1.19 bits per heavy atom. The van der Waals surface area contributed by atoms with E-state index in [0.717, 1.165) is 5.56 Å². The number of hydrogen-bond acceptors (Lipinski definition) is 2. The van der Waals surface area contributed by atoms with Gasteiger partial charge in [-0.2, -0.15) is 0 Å². The fraction of sp³-hybridized carbons (Fsp3) is 0.250. The van der Waals surface area contributed by atoms with Crippen molar-refractivity contribution in [3.63, 3.8) is 0 Å². The normalized spacial score (nSPS) is 12.2. The second-order valence-electron chi connectivity index (χ2n) is 6.39. The molecule has 1 atom stereocenters. The van der Waals surface area contributed by atoms with Gasteiger partial charge in [0.15, 0.2) is 0 Å². The molecule has 136 valence electrons. The van der Waals surface area contributed by atoms with Crippen molar-refractivity contribution in [1.82, 2.24) is 10.2 Å². The van der Waals surface area contributed by atoms with Crippen molar-refractivity contribution in [2.45, 2.75) is 26.4 Å². The zero-order chi connectivity index (χ0) is 18.8. The molecule has 3 aromatic rings. The Hall–Kier alpha value is -2.89. The van der Waals surface area contributed by atoms with E-state index in [4.69, 9.17) is 4.42 Å². The van der Waals surface area contributed by atoms with E-state index in [-0.39, 0.29) is 24.2 Å². The van der Waals surface area contributed by atoms with Crippen molar-refractivity contribution in [2.24, 2.45) is 0 Å². The molecule has 6 heteroatoms. The number of hydrogen-bond donors (Lipinski definition) is 1. The average molecular weight is 358 g/mol. The average Bonchev–Trinajstić information content (AvgIpc) is 2.91. The molecular weight excluding hydrogens is 338 g/mol. The lowest BCUT2D eigenvalue weighted by Crippen LogP contribution is -2.38. The first-order chi connectivity index (χ1) is 12.3. The quantitative estimate of drug-likeness (QED) is 0.719. The first-order valence-corrected chi connectivity index (χ1v) is 8.30. The fourth-order valence-corrected chi connectivity index (χ4v) is 2.97. The third-order valence-corrected chi connectivity index (χ3v) is 4.32. The van der Waals surface area contributed by atoms with Crippen molar-refractivity contribution < 1.29 is 18.0 Å². The van der Waals surface area contributed by atoms with E-state index in [1.54, 1.807) is 32.2 Å². The molecule has 0 saturated heterocycles. The third-order valence-electron chi connectivity index (χ3n) is 4.32. The van der Waals surface area contributed by atoms with Crippen LogP contribution >= 0.6 is 0 Å². The number of nitrogens with one attached hydrogen (secondary N) is 1. The molecular formula is C20H20F2N2O2. The Balaban J connectivity index is 1.71. The van der Waals surface area contributed by atoms with Gasteiger partial charge in [-0.25, -0.2) is 13.6 Å². The van der Waals surface area contributed by atoms with Crippen molar-refractivity contribution >= 4 is 17.0 Å². The van der Waals surface area contributed by atoms with Crippen molar-refractivity contribution in [2.75, 3.05) is 7.05 Å². The van der Waals surface area contributed by atoms with Crippen molar-refractivity contribution in [1.29, 1.82) is 0 Å². The Kier molecular flexibility index (Phi) is 4.93. The predicted molar refractivity (Wildman–Crippen MR) is 95.7 cm³/mol. The number of rotatable bonds is 4. The molecule has 2 aromatic carbocycles. The summed E-state index contributed by atoms with van der Waals surface area (Å²) in [6.45, 7) is 3.91. The number of nitrogens with zero attached hydrogens (tertiary/aromatic N) is 1. The molecule has 26 heavy (non-hydrogen) atoms. The summed E-state index contributed by atoms with van der Waals surface area (Å²) in [5.41, 5.74) is 2.07. The second kappa shape index (κ2) is 7.15. The number of amides is 2. The Morgan fingerprint density at radius 3 is 2.65 bits per heavy atom. The summed E-state index contributed by atoms with van der Waals surface area (Å²) in [5, 5.41) is 3.54. The van der Waals surface area contributed by atoms with Crippen LogP contribution in [0.3, 0.4) is 0 Å². The van der Waals surface area contributed by atoms with Gasteiger partial charge < -0.3 is 14.6 Å². The smallest absolute Gasteiger partial charge is 0.318 e. The van der Waals surface area contributed by atoms with Crippen LogP contribution in [0.2, 0.25) is 0 Å². The largest absolute Gasteiger partial charge is 0.459 e. The highest BCUT2D eigenvalue weighted by molar-refractivity contribution is 5.82. The number of carbonyl (C=O) groups excluding carboxylic acids is 1. The van der Waals surface area contributed by atoms with Gasteiger partial charge in [-0.3, -0.25) is 0 Å². The minimum atomic E-state index is -0.395. The maximum absolute atomic E-state index is 13.4. The van der Waals surface area contributed by atoms with Crippen LogP contribution in [-0.2, 0) is 6.54 Å². The van der Waals surface area contributed by atoms with Gasteiger partial charge in [-0.1, -0.05) is 12.1 Å². The van der Waals surface area contributed by atoms with Crippen molar-refractivity contribution in [3.8, 4) is 0 Å². The van der Waals surface area contributed by atoms with Gasteiger partial charge in [0.2, 0.25) is 0 Å². The van der Waals surface area contributed by atoms with Gasteiger partial charge in [0, 0.05) is 24.5 Å². The predicted octanol–water partition coefficient (Wildman–Crippen LogP) is 4.92. The lowest BCUT2D eigenvalue weighted by molar-refractivity contribution is 0.202. The molecule has 0 fully saturated rings. The minimum absolute atomic E-state index is 0.278. The third kappa shape index (κ3) is 3.69. The SMILES string of the molecule is Cc1c(C(C)NC(=O)N(C)Cc2cccc(F)c2)oc2ccc(F)cc12. The molecule has 1 heterocycles. The zero-order valence-corrected chi connectivity index (χ0v) is 14.8. The highest BCUT2D eigenvalue weighted by atomic mass is 19.1. The molecule has 1 aromatic heterocycles. The second-order valence-corrected chi connectivity index (χ2v) is 6.39. The van der Waals surface area contributed by atoms with Gasteiger partial charge in [-0.05, 0) is 49.7 Å². The summed E-state index contributed by atoms with van der Waals surface area (Å²) in [6.07, 6.45) is 0. The summed E-state index contributed by atoms with van der Waals surface area (Å²) in [5.74, 6) is -0.0904. The van der Waals surface area contributed by atoms with Gasteiger partial charge in [0.05, 0.1) is 6.04 Å². The van der Waals surface area contributed by atoms with Crippen LogP contribution in [0.4, 0.5) is 13.6 Å². The number of fused-ring (bicyclic) bond motifs is 1. The van der Waals surface area contributed by atoms with Crippen LogP contribution in [0.5, 0.6) is 0 Å². The molecule has 0 spiro atoms. The summed E-state index contributed by atoms with van der Waals surface area (Å²) < 4.78 is 32.5. The maximum atomic E-state index is 13.4. The van der Waals surface area contributed by atoms with E-state index in [1.807, 2.05) is 6.92 Å². The molecule has 2 amide bonds. The monoisotopic (exact) mass is 358 g/mol. The molecule has 0 aliphatic rings. The van der Waals surface area contributed by atoms with E-state index in [9.17, 15) is 13.6 Å². The van der Waals surface area contributed by atoms with Crippen LogP contribution in [0.15, 0.2) is 46.9 Å². The number of carbonyl (C=O) groups is 1. The van der Waals surface area contributed by atoms with Gasteiger partial charge in [0.25, 0.3) is 0 Å². The Bertz CT molecular complexity index is 952. The molecule has 0 saturated carbocycles. The van der Waals surface area contributed by atoms with E-state index in [0.29, 0.717) is 22.3 Å². The highest BCUT2D eigenvalue weighted by Crippen LogP contribution is 2.30. The van der Waals surface area contributed by atoms with E-state index < -0.39 is 6.04 Å². The van der Waals surface area contributed by atoms with Crippen LogP contribution in [0, 0.1) is 18.6 Å². The molecule has 1 N–H and O–H groups in total. The number of urea groups is 1. The van der Waals surface area contributed by atoms with Crippen molar-refractivity contribution in [3.05, 3.63) is 71.0 Å². The number of halogens is 2. The Morgan fingerprint density at radius 2 is 1.92 bits per heavy atom. The topological polar surface area (TPSA) is 45.5 Å². The number of benzene rings is 2. The summed E-state index contributed by atoms with van der Waals surface area (Å²) in [6, 6.07) is 9.74. The molecule has 4 nitrogen and oxygen atoms in total. The first-order valence-electron chi connectivity index (χ1n) is 8.30. The van der Waals surface area contributed by atoms with E-state index in [2.05, 4.69) is 5.32 Å². The standard InChI is InChI=1S/C20H20F2N2O2/c1-12-17-10-16(22)7-8-18(17)26-19(12)13(2)23-20(25)24(3)11-14-5-4-6-15(21)9-14/h4-10,13H,11H2,1-3H3,(H,23,25). The first kappa shape index (κ1) is 17.9. The fourth-order valence-electron chi connectivity index (χ4n) is 2.97. The lowest BCUT2D eigenvalue weighted by atomic mass is 10.1. The molecule has 3 rings (SSSR count). The number of aryl methyl sites for hydroxylation is 1. The molecule has 0 aliphatic heterocycles. The summed E-state index contributed by atoms with van der Waals surface area (Å²) in [7, 11) is 1.63. The van der Waals surface area contributed by atoms with Crippen LogP contribution in [-0.4, -0.2) is 18.0 Å². The zero-order valence-electron chi connectivity index (χ0n) is 14.8. The van der Waals surface area contributed by atoms with Gasteiger partial charge in [0.1, 0.15) is 23.0 Å². The molecule has 1 unspecified atom stereocenters.